The molecule has 0 aromatic carbocycles. The lowest BCUT2D eigenvalue weighted by Gasteiger charge is -2.19. The predicted octanol–water partition coefficient (Wildman–Crippen LogP) is 2.89. The minimum atomic E-state index is -0.564. The van der Waals surface area contributed by atoms with E-state index in [0.717, 1.165) is 4.83 Å². The second kappa shape index (κ2) is 18.4. The fourth-order valence-corrected chi connectivity index (χ4v) is 4.58. The molecule has 0 aliphatic carbocycles. The molecule has 48 heavy (non-hydrogen) atoms. The Bertz CT molecular complexity index is 1640. The number of alkyl carbamates (subject to hydrolysis) is 2. The van der Waals surface area contributed by atoms with Crippen molar-refractivity contribution < 1.29 is 33.3 Å². The van der Waals surface area contributed by atoms with Gasteiger partial charge in [0.25, 0.3) is 0 Å². The Morgan fingerprint density at radius 1 is 0.729 bits per heavy atom. The number of nitrogen functional groups attached to an aromatic ring is 1. The van der Waals surface area contributed by atoms with Crippen LogP contribution >= 0.6 is 22.7 Å². The molecular weight excluding hydrogens is 669 g/mol. The van der Waals surface area contributed by atoms with E-state index in [0.29, 0.717) is 51.0 Å². The Hall–Kier alpha value is -4.89. The van der Waals surface area contributed by atoms with Crippen LogP contribution in [0.25, 0.3) is 20.7 Å². The van der Waals surface area contributed by atoms with Crippen molar-refractivity contribution >= 4 is 71.8 Å². The van der Waals surface area contributed by atoms with E-state index in [1.807, 2.05) is 20.8 Å². The standard InChI is InChI=1S/C14H20N6O4S.C7H16N2O2.C6H6N4OS/c1-14(2,3)24-13(22)16-6-5-15-11(21)20-12-19-8-9(23-4)17-7-18-10(8)25-12;1-7(2,3)11-6(10)9-5-4-8;1-11-4-3-5(9-2-8-4)12-6(7)10-3/h7H,5-6H2,1-4H3,(H,16,22)(H2,15,19,20,21);4-5,8H2,1-3H3,(H,9,10);2H,1H3,(H2,7,10). The van der Waals surface area contributed by atoms with Gasteiger partial charge in [-0.05, 0) is 41.5 Å². The number of anilines is 2. The van der Waals surface area contributed by atoms with Gasteiger partial charge in [0.15, 0.2) is 31.0 Å². The summed E-state index contributed by atoms with van der Waals surface area (Å²) in [5.41, 5.74) is 10.8. The molecule has 4 amide bonds. The number of hydrogen-bond acceptors (Lipinski definition) is 17. The summed E-state index contributed by atoms with van der Waals surface area (Å²) in [6.07, 6.45) is 1.85. The number of hydrogen-bond donors (Lipinski definition) is 6. The first kappa shape index (κ1) is 39.3. The minimum Gasteiger partial charge on any atom is -0.479 e. The average Bonchev–Trinajstić information content (AvgIpc) is 3.59. The van der Waals surface area contributed by atoms with Crippen LogP contribution in [-0.2, 0) is 9.47 Å². The first-order valence-corrected chi connectivity index (χ1v) is 15.9. The summed E-state index contributed by atoms with van der Waals surface area (Å²) in [7, 11) is 3.02. The van der Waals surface area contributed by atoms with Crippen LogP contribution in [0, 0.1) is 0 Å². The second-order valence-corrected chi connectivity index (χ2v) is 13.2. The van der Waals surface area contributed by atoms with E-state index in [1.54, 1.807) is 20.8 Å². The first-order chi connectivity index (χ1) is 22.5. The monoisotopic (exact) mass is 710 g/mol. The van der Waals surface area contributed by atoms with Crippen LogP contribution in [0.2, 0.25) is 0 Å². The lowest BCUT2D eigenvalue weighted by atomic mass is 10.2. The molecular formula is C27H42N12O7S2. The number of carbonyl (C=O) groups is 3. The van der Waals surface area contributed by atoms with Gasteiger partial charge in [-0.15, -0.1) is 0 Å². The zero-order valence-electron chi connectivity index (χ0n) is 28.0. The number of nitrogens with zero attached hydrogens (tertiary/aromatic N) is 6. The number of amides is 4. The molecule has 0 saturated carbocycles. The molecule has 19 nitrogen and oxygen atoms in total. The zero-order chi connectivity index (χ0) is 35.9. The highest BCUT2D eigenvalue weighted by Gasteiger charge is 2.17. The maximum absolute atomic E-state index is 11.9. The van der Waals surface area contributed by atoms with Crippen LogP contribution in [0.15, 0.2) is 12.7 Å². The third kappa shape index (κ3) is 14.3. The fourth-order valence-electron chi connectivity index (χ4n) is 3.12. The molecule has 4 heterocycles. The maximum Gasteiger partial charge on any atom is 0.407 e. The van der Waals surface area contributed by atoms with E-state index in [-0.39, 0.29) is 13.1 Å². The summed E-state index contributed by atoms with van der Waals surface area (Å²) in [6, 6.07) is -0.447. The van der Waals surface area contributed by atoms with Crippen LogP contribution in [0.3, 0.4) is 0 Å². The molecule has 0 spiro atoms. The topological polar surface area (TPSA) is 266 Å². The molecule has 0 fully saturated rings. The number of carbonyl (C=O) groups excluding carboxylic acids is 3. The van der Waals surface area contributed by atoms with Crippen LogP contribution in [-0.4, -0.2) is 99.7 Å². The van der Waals surface area contributed by atoms with Gasteiger partial charge >= 0.3 is 18.2 Å². The summed E-state index contributed by atoms with van der Waals surface area (Å²) < 4.78 is 20.1. The Labute approximate surface area is 284 Å². The number of rotatable bonds is 8. The minimum absolute atomic E-state index is 0.235. The largest absolute Gasteiger partial charge is 0.479 e. The highest BCUT2D eigenvalue weighted by molar-refractivity contribution is 7.22. The molecule has 21 heteroatoms. The summed E-state index contributed by atoms with van der Waals surface area (Å²) in [5.74, 6) is 0.809. The molecule has 4 aromatic heterocycles. The van der Waals surface area contributed by atoms with Crippen LogP contribution in [0.4, 0.5) is 24.6 Å². The lowest BCUT2D eigenvalue weighted by Crippen LogP contribution is -2.39. The number of fused-ring (bicyclic) bond motifs is 2. The number of methoxy groups -OCH3 is 2. The molecule has 264 valence electrons. The molecule has 4 rings (SSSR count). The Morgan fingerprint density at radius 2 is 1.21 bits per heavy atom. The van der Waals surface area contributed by atoms with Gasteiger partial charge in [0.05, 0.1) is 14.2 Å². The molecule has 8 N–H and O–H groups in total. The number of nitrogens with one attached hydrogen (secondary N) is 4. The maximum atomic E-state index is 11.9. The normalized spacial score (nSPS) is 10.9. The van der Waals surface area contributed by atoms with Crippen molar-refractivity contribution in [2.75, 3.05) is 51.4 Å². The van der Waals surface area contributed by atoms with Crippen molar-refractivity contribution in [1.29, 1.82) is 0 Å². The van der Waals surface area contributed by atoms with Gasteiger partial charge in [-0.2, -0.15) is 9.97 Å². The Kier molecular flexibility index (Phi) is 15.1. The van der Waals surface area contributed by atoms with Crippen LogP contribution in [0.1, 0.15) is 41.5 Å². The van der Waals surface area contributed by atoms with Gasteiger partial charge in [-0.25, -0.2) is 34.3 Å². The lowest BCUT2D eigenvalue weighted by molar-refractivity contribution is 0.0517. The fraction of sp³-hybridized carbons (Fsp3) is 0.519. The van der Waals surface area contributed by atoms with Crippen molar-refractivity contribution in [1.82, 2.24) is 45.9 Å². The summed E-state index contributed by atoms with van der Waals surface area (Å²) in [5, 5.41) is 11.1. The SMILES string of the molecule is CC(C)(C)OC(=O)NCCN.COc1ncnc2sc(N)nc12.COc1ncnc2sc(NC(=O)NCCNC(=O)OC(C)(C)C)nc12. The highest BCUT2D eigenvalue weighted by Crippen LogP contribution is 2.29. The average molecular weight is 711 g/mol. The predicted molar refractivity (Wildman–Crippen MR) is 182 cm³/mol. The number of thiazole rings is 2. The van der Waals surface area contributed by atoms with Gasteiger partial charge in [-0.1, -0.05) is 22.7 Å². The third-order valence-corrected chi connectivity index (χ3v) is 6.51. The van der Waals surface area contributed by atoms with Crippen molar-refractivity contribution in [3.05, 3.63) is 12.7 Å². The Balaban J connectivity index is 0.000000288. The smallest absolute Gasteiger partial charge is 0.407 e. The van der Waals surface area contributed by atoms with E-state index in [9.17, 15) is 14.4 Å². The molecule has 0 aliphatic rings. The molecule has 4 aromatic rings. The van der Waals surface area contributed by atoms with Gasteiger partial charge in [0, 0.05) is 26.2 Å². The first-order valence-electron chi connectivity index (χ1n) is 14.3. The van der Waals surface area contributed by atoms with Crippen molar-refractivity contribution in [2.24, 2.45) is 5.73 Å². The second-order valence-electron chi connectivity index (χ2n) is 11.2. The van der Waals surface area contributed by atoms with Crippen molar-refractivity contribution in [2.45, 2.75) is 52.7 Å². The number of ether oxygens (including phenoxy) is 4. The Morgan fingerprint density at radius 3 is 1.71 bits per heavy atom. The van der Waals surface area contributed by atoms with E-state index in [1.165, 1.54) is 49.5 Å². The zero-order valence-corrected chi connectivity index (χ0v) is 29.6. The van der Waals surface area contributed by atoms with Gasteiger partial charge in [0.1, 0.15) is 23.9 Å². The van der Waals surface area contributed by atoms with E-state index in [2.05, 4.69) is 51.2 Å². The van der Waals surface area contributed by atoms with Crippen LogP contribution in [0.5, 0.6) is 11.8 Å². The summed E-state index contributed by atoms with van der Waals surface area (Å²) >= 11 is 2.52. The van der Waals surface area contributed by atoms with E-state index < -0.39 is 29.4 Å². The summed E-state index contributed by atoms with van der Waals surface area (Å²) in [4.78, 5) is 59.7. The summed E-state index contributed by atoms with van der Waals surface area (Å²) in [6.45, 7) is 12.1. The molecule has 0 atom stereocenters. The van der Waals surface area contributed by atoms with E-state index in [4.69, 9.17) is 30.4 Å². The van der Waals surface area contributed by atoms with Gasteiger partial charge in [-0.3, -0.25) is 5.32 Å². The molecule has 0 radical (unpaired) electrons. The number of aromatic nitrogens is 6. The molecule has 0 aliphatic heterocycles. The molecule has 0 bridgehead atoms. The van der Waals surface area contributed by atoms with Gasteiger partial charge < -0.3 is 46.4 Å². The van der Waals surface area contributed by atoms with Crippen LogP contribution < -0.4 is 42.2 Å². The van der Waals surface area contributed by atoms with Crippen molar-refractivity contribution in [3.63, 3.8) is 0 Å². The third-order valence-electron chi connectivity index (χ3n) is 4.84. The number of nitrogens with two attached hydrogens (primary N) is 2. The quantitative estimate of drug-likeness (QED) is 0.144. The van der Waals surface area contributed by atoms with Gasteiger partial charge in [0.2, 0.25) is 11.8 Å². The highest BCUT2D eigenvalue weighted by atomic mass is 32.1. The molecule has 0 unspecified atom stereocenters. The van der Waals surface area contributed by atoms with E-state index >= 15 is 0 Å². The van der Waals surface area contributed by atoms with Crippen molar-refractivity contribution in [3.8, 4) is 11.8 Å². The number of urea groups is 1. The molecule has 0 saturated heterocycles.